The molecule has 0 bridgehead atoms. The number of nitrogens with one attached hydrogen (secondary N) is 1. The summed E-state index contributed by atoms with van der Waals surface area (Å²) in [4.78, 5) is 2.33. The Bertz CT molecular complexity index is 117. The highest BCUT2D eigenvalue weighted by Crippen LogP contribution is 2.03. The number of unbranched alkanes of at least 4 members (excludes halogenated alkanes) is 5. The number of nitrogens with two attached hydrogens (primary N) is 1. The summed E-state index contributed by atoms with van der Waals surface area (Å²) >= 11 is 0. The van der Waals surface area contributed by atoms with E-state index in [2.05, 4.69) is 24.2 Å². The van der Waals surface area contributed by atoms with Gasteiger partial charge < -0.3 is 16.0 Å². The van der Waals surface area contributed by atoms with Gasteiger partial charge in [0.15, 0.2) is 0 Å². The second-order valence-electron chi connectivity index (χ2n) is 4.61. The third kappa shape index (κ3) is 18.3. The monoisotopic (exact) mass is 259 g/mol. The summed E-state index contributed by atoms with van der Waals surface area (Å²) in [5, 5.41) is 3.27. The molecule has 1 saturated heterocycles. The third-order valence-electron chi connectivity index (χ3n) is 2.90. The van der Waals surface area contributed by atoms with E-state index in [1.54, 1.807) is 0 Å². The minimum absolute atomic E-state index is 0.867. The molecule has 1 rings (SSSR count). The van der Waals surface area contributed by atoms with Crippen LogP contribution in [0.15, 0.2) is 0 Å². The Morgan fingerprint density at radius 3 is 1.83 bits per heavy atom. The van der Waals surface area contributed by atoms with Crippen LogP contribution in [0.1, 0.15) is 59.3 Å². The van der Waals surface area contributed by atoms with Gasteiger partial charge in [0.05, 0.1) is 0 Å². The SMILES string of the molecule is CC.CCCCCCCCN.CN1CCNCC1. The highest BCUT2D eigenvalue weighted by atomic mass is 15.2. The van der Waals surface area contributed by atoms with Gasteiger partial charge >= 0.3 is 0 Å². The van der Waals surface area contributed by atoms with Crippen molar-refractivity contribution in [3.05, 3.63) is 0 Å². The number of rotatable bonds is 6. The van der Waals surface area contributed by atoms with Crippen molar-refractivity contribution in [2.45, 2.75) is 59.3 Å². The number of hydrogen-bond acceptors (Lipinski definition) is 3. The lowest BCUT2D eigenvalue weighted by molar-refractivity contribution is 0.291. The normalized spacial score (nSPS) is 15.2. The minimum Gasteiger partial charge on any atom is -0.330 e. The molecule has 0 atom stereocenters. The van der Waals surface area contributed by atoms with Crippen LogP contribution >= 0.6 is 0 Å². The zero-order chi connectivity index (χ0) is 14.1. The summed E-state index contributed by atoms with van der Waals surface area (Å²) in [7, 11) is 2.15. The van der Waals surface area contributed by atoms with Crippen LogP contribution in [0.2, 0.25) is 0 Å². The lowest BCUT2D eigenvalue weighted by atomic mass is 10.1. The lowest BCUT2D eigenvalue weighted by Gasteiger charge is -2.21. The maximum atomic E-state index is 5.34. The van der Waals surface area contributed by atoms with Gasteiger partial charge in [-0.3, -0.25) is 0 Å². The summed E-state index contributed by atoms with van der Waals surface area (Å²) in [5.74, 6) is 0. The van der Waals surface area contributed by atoms with E-state index in [4.69, 9.17) is 5.73 Å². The predicted molar refractivity (Wildman–Crippen MR) is 84.1 cm³/mol. The Hall–Kier alpha value is -0.120. The summed E-state index contributed by atoms with van der Waals surface area (Å²) < 4.78 is 0. The van der Waals surface area contributed by atoms with E-state index in [1.165, 1.54) is 51.6 Å². The van der Waals surface area contributed by atoms with E-state index in [0.29, 0.717) is 0 Å². The highest BCUT2D eigenvalue weighted by molar-refractivity contribution is 4.62. The Morgan fingerprint density at radius 1 is 0.944 bits per heavy atom. The van der Waals surface area contributed by atoms with Crippen LogP contribution in [0, 0.1) is 0 Å². The molecule has 1 heterocycles. The molecule has 0 aromatic heterocycles. The van der Waals surface area contributed by atoms with Gasteiger partial charge in [0.25, 0.3) is 0 Å². The fraction of sp³-hybridized carbons (Fsp3) is 1.00. The maximum absolute atomic E-state index is 5.34. The Labute approximate surface area is 116 Å². The van der Waals surface area contributed by atoms with Gasteiger partial charge in [0, 0.05) is 26.2 Å². The zero-order valence-corrected chi connectivity index (χ0v) is 13.3. The first kappa shape index (κ1) is 20.2. The molecule has 0 saturated carbocycles. The van der Waals surface area contributed by atoms with Crippen LogP contribution in [0.4, 0.5) is 0 Å². The van der Waals surface area contributed by atoms with Crippen molar-refractivity contribution >= 4 is 0 Å². The van der Waals surface area contributed by atoms with Crippen LogP contribution < -0.4 is 11.1 Å². The van der Waals surface area contributed by atoms with Gasteiger partial charge in [-0.05, 0) is 20.0 Å². The molecule has 1 fully saturated rings. The second-order valence-corrected chi connectivity index (χ2v) is 4.61. The molecule has 3 N–H and O–H groups in total. The summed E-state index contributed by atoms with van der Waals surface area (Å²) in [6, 6.07) is 0. The van der Waals surface area contributed by atoms with E-state index in [9.17, 15) is 0 Å². The molecule has 3 nitrogen and oxygen atoms in total. The van der Waals surface area contributed by atoms with Crippen LogP contribution in [-0.2, 0) is 0 Å². The summed E-state index contributed by atoms with van der Waals surface area (Å²) in [6.07, 6.45) is 8.05. The zero-order valence-electron chi connectivity index (χ0n) is 13.3. The van der Waals surface area contributed by atoms with Gasteiger partial charge in [-0.1, -0.05) is 52.9 Å². The second kappa shape index (κ2) is 19.2. The molecular weight excluding hydrogens is 222 g/mol. The lowest BCUT2D eigenvalue weighted by Crippen LogP contribution is -2.40. The minimum atomic E-state index is 0.867. The van der Waals surface area contributed by atoms with Gasteiger partial charge in [-0.2, -0.15) is 0 Å². The van der Waals surface area contributed by atoms with E-state index in [-0.39, 0.29) is 0 Å². The fourth-order valence-corrected chi connectivity index (χ4v) is 1.70. The van der Waals surface area contributed by atoms with Crippen molar-refractivity contribution in [3.63, 3.8) is 0 Å². The van der Waals surface area contributed by atoms with Crippen molar-refractivity contribution in [2.75, 3.05) is 39.8 Å². The number of hydrogen-bond donors (Lipinski definition) is 2. The molecule has 0 spiro atoms. The molecule has 0 unspecified atom stereocenters. The van der Waals surface area contributed by atoms with Crippen LogP contribution in [0.3, 0.4) is 0 Å². The number of piperazine rings is 1. The fourth-order valence-electron chi connectivity index (χ4n) is 1.70. The van der Waals surface area contributed by atoms with Crippen molar-refractivity contribution in [2.24, 2.45) is 5.73 Å². The van der Waals surface area contributed by atoms with Crippen LogP contribution in [0.5, 0.6) is 0 Å². The van der Waals surface area contributed by atoms with Crippen molar-refractivity contribution in [1.82, 2.24) is 10.2 Å². The smallest absolute Gasteiger partial charge is 0.0104 e. The number of nitrogens with zero attached hydrogens (tertiary/aromatic N) is 1. The molecule has 112 valence electrons. The van der Waals surface area contributed by atoms with E-state index < -0.39 is 0 Å². The van der Waals surface area contributed by atoms with Gasteiger partial charge in [0.2, 0.25) is 0 Å². The molecule has 0 aromatic carbocycles. The average Bonchev–Trinajstić information content (AvgIpc) is 2.43. The topological polar surface area (TPSA) is 41.3 Å². The first-order valence-corrected chi connectivity index (χ1v) is 7.90. The van der Waals surface area contributed by atoms with E-state index in [0.717, 1.165) is 19.6 Å². The van der Waals surface area contributed by atoms with Gasteiger partial charge in [-0.15, -0.1) is 0 Å². The molecule has 0 aromatic rings. The van der Waals surface area contributed by atoms with Gasteiger partial charge in [-0.25, -0.2) is 0 Å². The van der Waals surface area contributed by atoms with E-state index >= 15 is 0 Å². The summed E-state index contributed by atoms with van der Waals surface area (Å²) in [5.41, 5.74) is 5.34. The Kier molecular flexibility index (Phi) is 21.6. The molecular formula is C15H37N3. The Morgan fingerprint density at radius 2 is 1.44 bits per heavy atom. The summed E-state index contributed by atoms with van der Waals surface area (Å²) in [6.45, 7) is 11.8. The molecule has 0 aliphatic carbocycles. The largest absolute Gasteiger partial charge is 0.330 e. The van der Waals surface area contributed by atoms with Crippen LogP contribution in [0.25, 0.3) is 0 Å². The van der Waals surface area contributed by atoms with Crippen LogP contribution in [-0.4, -0.2) is 44.7 Å². The van der Waals surface area contributed by atoms with E-state index in [1.807, 2.05) is 13.8 Å². The first-order valence-electron chi connectivity index (χ1n) is 7.90. The molecule has 1 aliphatic heterocycles. The average molecular weight is 259 g/mol. The quantitative estimate of drug-likeness (QED) is 0.721. The molecule has 1 aliphatic rings. The first-order chi connectivity index (χ1) is 8.81. The standard InChI is InChI=1S/C8H19N.C5H12N2.C2H6/c1-2-3-4-5-6-7-8-9;1-7-4-2-6-3-5-7;1-2/h2-9H2,1H3;6H,2-5H2,1H3;1-2H3. The molecule has 0 amide bonds. The highest BCUT2D eigenvalue weighted by Gasteiger charge is 2.01. The van der Waals surface area contributed by atoms with Crippen molar-refractivity contribution in [1.29, 1.82) is 0 Å². The van der Waals surface area contributed by atoms with Crippen molar-refractivity contribution in [3.8, 4) is 0 Å². The molecule has 0 radical (unpaired) electrons. The number of likely N-dealkylation sites (N-methyl/N-ethyl adjacent to an activating group) is 1. The van der Waals surface area contributed by atoms with Gasteiger partial charge in [0.1, 0.15) is 0 Å². The third-order valence-corrected chi connectivity index (χ3v) is 2.90. The molecule has 18 heavy (non-hydrogen) atoms. The maximum Gasteiger partial charge on any atom is 0.0104 e. The Balaban J connectivity index is 0. The predicted octanol–water partition coefficient (Wildman–Crippen LogP) is 2.85. The van der Waals surface area contributed by atoms with Crippen molar-refractivity contribution < 1.29 is 0 Å². The molecule has 3 heteroatoms.